The summed E-state index contributed by atoms with van der Waals surface area (Å²) in [6.45, 7) is 1.46. The summed E-state index contributed by atoms with van der Waals surface area (Å²) in [7, 11) is -0.983. The number of rotatable bonds is 8. The first-order valence-corrected chi connectivity index (χ1v) is 10.9. The molecule has 1 amide bonds. The van der Waals surface area contributed by atoms with Gasteiger partial charge in [-0.25, -0.2) is 8.42 Å². The van der Waals surface area contributed by atoms with Crippen LogP contribution in [-0.2, 0) is 14.8 Å². The van der Waals surface area contributed by atoms with Crippen LogP contribution in [0.15, 0.2) is 77.7 Å². The first-order valence-electron chi connectivity index (χ1n) is 9.51. The second kappa shape index (κ2) is 9.53. The standard InChI is InChI=1S/C23H24N2O5S/c1-17-10-12-22(13-11-17)31(27,28)25(19-7-5-9-21(15-19)30-3)16-23(26)24-18-6-4-8-20(14-18)29-2/h4-15H,16H2,1-3H3,(H,24,26). The predicted octanol–water partition coefficient (Wildman–Crippen LogP) is 3.85. The fourth-order valence-electron chi connectivity index (χ4n) is 2.95. The zero-order valence-electron chi connectivity index (χ0n) is 17.5. The Morgan fingerprint density at radius 3 is 2.16 bits per heavy atom. The molecule has 3 aromatic carbocycles. The van der Waals surface area contributed by atoms with Gasteiger partial charge in [-0.2, -0.15) is 0 Å². The fraction of sp³-hybridized carbons (Fsp3) is 0.174. The van der Waals surface area contributed by atoms with Gasteiger partial charge in [0.25, 0.3) is 10.0 Å². The smallest absolute Gasteiger partial charge is 0.264 e. The van der Waals surface area contributed by atoms with Gasteiger partial charge in [0.2, 0.25) is 5.91 Å². The number of hydrogen-bond acceptors (Lipinski definition) is 5. The maximum atomic E-state index is 13.4. The van der Waals surface area contributed by atoms with Crippen molar-refractivity contribution >= 4 is 27.3 Å². The molecule has 1 N–H and O–H groups in total. The summed E-state index contributed by atoms with van der Waals surface area (Å²) in [5, 5.41) is 2.72. The lowest BCUT2D eigenvalue weighted by atomic mass is 10.2. The van der Waals surface area contributed by atoms with Crippen LogP contribution in [0.25, 0.3) is 0 Å². The number of benzene rings is 3. The van der Waals surface area contributed by atoms with Crippen molar-refractivity contribution in [3.05, 3.63) is 78.4 Å². The molecule has 0 heterocycles. The summed E-state index contributed by atoms with van der Waals surface area (Å²) >= 11 is 0. The van der Waals surface area contributed by atoms with E-state index >= 15 is 0 Å². The first kappa shape index (κ1) is 22.2. The molecule has 0 spiro atoms. The predicted molar refractivity (Wildman–Crippen MR) is 120 cm³/mol. The van der Waals surface area contributed by atoms with E-state index in [0.717, 1.165) is 9.87 Å². The highest BCUT2D eigenvalue weighted by Crippen LogP contribution is 2.27. The van der Waals surface area contributed by atoms with Crippen LogP contribution < -0.4 is 19.1 Å². The molecular weight excluding hydrogens is 416 g/mol. The van der Waals surface area contributed by atoms with Crippen molar-refractivity contribution < 1.29 is 22.7 Å². The molecule has 0 saturated heterocycles. The Bertz CT molecular complexity index is 1160. The van der Waals surface area contributed by atoms with Crippen LogP contribution >= 0.6 is 0 Å². The second-order valence-corrected chi connectivity index (χ2v) is 8.67. The van der Waals surface area contributed by atoms with Crippen LogP contribution in [0.3, 0.4) is 0 Å². The molecule has 8 heteroatoms. The Kier molecular flexibility index (Phi) is 6.81. The molecule has 0 fully saturated rings. The normalized spacial score (nSPS) is 10.9. The lowest BCUT2D eigenvalue weighted by Gasteiger charge is -2.24. The topological polar surface area (TPSA) is 84.9 Å². The van der Waals surface area contributed by atoms with E-state index in [1.165, 1.54) is 26.4 Å². The third kappa shape index (κ3) is 5.35. The minimum Gasteiger partial charge on any atom is -0.497 e. The summed E-state index contributed by atoms with van der Waals surface area (Å²) in [5.74, 6) is 0.566. The third-order valence-corrected chi connectivity index (χ3v) is 6.38. The number of aryl methyl sites for hydroxylation is 1. The van der Waals surface area contributed by atoms with E-state index in [-0.39, 0.29) is 4.90 Å². The van der Waals surface area contributed by atoms with E-state index in [0.29, 0.717) is 22.9 Å². The maximum absolute atomic E-state index is 13.4. The molecule has 162 valence electrons. The summed E-state index contributed by atoms with van der Waals surface area (Å²) in [6.07, 6.45) is 0. The zero-order chi connectivity index (χ0) is 22.4. The molecule has 0 unspecified atom stereocenters. The van der Waals surface area contributed by atoms with Gasteiger partial charge in [-0.1, -0.05) is 29.8 Å². The van der Waals surface area contributed by atoms with Gasteiger partial charge in [0.1, 0.15) is 18.0 Å². The van der Waals surface area contributed by atoms with Crippen molar-refractivity contribution in [3.8, 4) is 11.5 Å². The van der Waals surface area contributed by atoms with Crippen molar-refractivity contribution in [2.75, 3.05) is 30.4 Å². The van der Waals surface area contributed by atoms with Gasteiger partial charge in [0.05, 0.1) is 24.8 Å². The first-order chi connectivity index (χ1) is 14.8. The average Bonchev–Trinajstić information content (AvgIpc) is 2.77. The highest BCUT2D eigenvalue weighted by atomic mass is 32.2. The van der Waals surface area contributed by atoms with Crippen LogP contribution in [0.5, 0.6) is 11.5 Å². The van der Waals surface area contributed by atoms with E-state index in [2.05, 4.69) is 5.32 Å². The molecule has 0 atom stereocenters. The Balaban J connectivity index is 1.95. The van der Waals surface area contributed by atoms with Crippen molar-refractivity contribution in [3.63, 3.8) is 0 Å². The van der Waals surface area contributed by atoms with Gasteiger partial charge in [0, 0.05) is 17.8 Å². The summed E-state index contributed by atoms with van der Waals surface area (Å²) in [4.78, 5) is 12.9. The maximum Gasteiger partial charge on any atom is 0.264 e. The molecule has 0 bridgehead atoms. The van der Waals surface area contributed by atoms with E-state index in [4.69, 9.17) is 9.47 Å². The minimum atomic E-state index is -4.00. The molecule has 31 heavy (non-hydrogen) atoms. The summed E-state index contributed by atoms with van der Waals surface area (Å²) < 4.78 is 38.3. The number of nitrogens with one attached hydrogen (secondary N) is 1. The number of carbonyl (C=O) groups excluding carboxylic acids is 1. The van der Waals surface area contributed by atoms with E-state index in [1.54, 1.807) is 60.7 Å². The summed E-state index contributed by atoms with van der Waals surface area (Å²) in [5.41, 5.74) is 1.76. The minimum absolute atomic E-state index is 0.0927. The Morgan fingerprint density at radius 2 is 1.52 bits per heavy atom. The van der Waals surface area contributed by atoms with Gasteiger partial charge >= 0.3 is 0 Å². The van der Waals surface area contributed by atoms with E-state index in [9.17, 15) is 13.2 Å². The molecule has 0 aliphatic heterocycles. The van der Waals surface area contributed by atoms with Gasteiger partial charge in [-0.3, -0.25) is 9.10 Å². The molecule has 3 aromatic rings. The lowest BCUT2D eigenvalue weighted by Crippen LogP contribution is -2.38. The largest absolute Gasteiger partial charge is 0.497 e. The Hall–Kier alpha value is -3.52. The van der Waals surface area contributed by atoms with Gasteiger partial charge < -0.3 is 14.8 Å². The zero-order valence-corrected chi connectivity index (χ0v) is 18.3. The van der Waals surface area contributed by atoms with Gasteiger partial charge in [-0.15, -0.1) is 0 Å². The molecule has 0 aliphatic rings. The molecule has 7 nitrogen and oxygen atoms in total. The number of amides is 1. The Labute approximate surface area is 182 Å². The van der Waals surface area contributed by atoms with Crippen LogP contribution in [0.1, 0.15) is 5.56 Å². The number of anilines is 2. The molecule has 0 radical (unpaired) electrons. The lowest BCUT2D eigenvalue weighted by molar-refractivity contribution is -0.114. The number of carbonyl (C=O) groups is 1. The average molecular weight is 441 g/mol. The second-order valence-electron chi connectivity index (χ2n) is 6.81. The van der Waals surface area contributed by atoms with Crippen molar-refractivity contribution in [2.24, 2.45) is 0 Å². The molecule has 0 aromatic heterocycles. The van der Waals surface area contributed by atoms with Gasteiger partial charge in [-0.05, 0) is 43.3 Å². The van der Waals surface area contributed by atoms with Crippen LogP contribution in [-0.4, -0.2) is 35.1 Å². The fourth-order valence-corrected chi connectivity index (χ4v) is 4.36. The highest BCUT2D eigenvalue weighted by molar-refractivity contribution is 7.92. The van der Waals surface area contributed by atoms with Crippen molar-refractivity contribution in [1.29, 1.82) is 0 Å². The number of nitrogens with zero attached hydrogens (tertiary/aromatic N) is 1. The highest BCUT2D eigenvalue weighted by Gasteiger charge is 2.27. The quantitative estimate of drug-likeness (QED) is 0.575. The monoisotopic (exact) mass is 440 g/mol. The van der Waals surface area contributed by atoms with Crippen LogP contribution in [0.2, 0.25) is 0 Å². The van der Waals surface area contributed by atoms with Gasteiger partial charge in [0.15, 0.2) is 0 Å². The molecule has 0 aliphatic carbocycles. The Morgan fingerprint density at radius 1 is 0.903 bits per heavy atom. The van der Waals surface area contributed by atoms with Crippen LogP contribution in [0.4, 0.5) is 11.4 Å². The number of ether oxygens (including phenoxy) is 2. The SMILES string of the molecule is COc1cccc(NC(=O)CN(c2cccc(OC)c2)S(=O)(=O)c2ccc(C)cc2)c1. The number of hydrogen-bond donors (Lipinski definition) is 1. The van der Waals surface area contributed by atoms with Crippen molar-refractivity contribution in [2.45, 2.75) is 11.8 Å². The molecule has 3 rings (SSSR count). The molecule has 0 saturated carbocycles. The number of sulfonamides is 1. The molecular formula is C23H24N2O5S. The summed E-state index contributed by atoms with van der Waals surface area (Å²) in [6, 6.07) is 19.9. The number of methoxy groups -OCH3 is 2. The van der Waals surface area contributed by atoms with Crippen molar-refractivity contribution in [1.82, 2.24) is 0 Å². The van der Waals surface area contributed by atoms with Crippen LogP contribution in [0, 0.1) is 6.92 Å². The van der Waals surface area contributed by atoms with E-state index in [1.807, 2.05) is 6.92 Å². The van der Waals surface area contributed by atoms with E-state index < -0.39 is 22.5 Å². The third-order valence-electron chi connectivity index (χ3n) is 4.59.